The number of hydrogen-bond acceptors (Lipinski definition) is 2. The maximum Gasteiger partial charge on any atom is 0.0714 e. The van der Waals surface area contributed by atoms with Gasteiger partial charge in [-0.15, -0.1) is 0 Å². The van der Waals surface area contributed by atoms with Gasteiger partial charge in [0, 0.05) is 34.4 Å². The van der Waals surface area contributed by atoms with Crippen molar-refractivity contribution in [1.82, 2.24) is 9.97 Å². The number of pyridine rings is 2. The van der Waals surface area contributed by atoms with Crippen LogP contribution in [0.2, 0.25) is 0 Å². The van der Waals surface area contributed by atoms with Gasteiger partial charge in [0.1, 0.15) is 0 Å². The first-order chi connectivity index (χ1) is 26.6. The van der Waals surface area contributed by atoms with Crippen molar-refractivity contribution in [3.05, 3.63) is 216 Å². The number of fused-ring (bicyclic) bond motifs is 8. The van der Waals surface area contributed by atoms with Crippen LogP contribution in [0.1, 0.15) is 47.2 Å². The molecule has 0 aliphatic heterocycles. The molecule has 0 spiro atoms. The molecule has 2 atom stereocenters. The van der Waals surface area contributed by atoms with E-state index in [-0.39, 0.29) is 10.8 Å². The van der Waals surface area contributed by atoms with Gasteiger partial charge >= 0.3 is 0 Å². The fraction of sp³-hybridized carbons (Fsp3) is 0.0769. The van der Waals surface area contributed by atoms with Crippen LogP contribution >= 0.6 is 0 Å². The Morgan fingerprint density at radius 2 is 0.704 bits per heavy atom. The molecule has 2 heterocycles. The van der Waals surface area contributed by atoms with Crippen LogP contribution in [0.4, 0.5) is 0 Å². The first-order valence-corrected chi connectivity index (χ1v) is 18.8. The van der Waals surface area contributed by atoms with Crippen LogP contribution in [0.25, 0.3) is 66.3 Å². The Balaban J connectivity index is 1.35. The maximum atomic E-state index is 5.08. The van der Waals surface area contributed by atoms with E-state index in [9.17, 15) is 0 Å². The summed E-state index contributed by atoms with van der Waals surface area (Å²) in [4.78, 5) is 10.2. The second kappa shape index (κ2) is 11.4. The lowest BCUT2D eigenvalue weighted by molar-refractivity contribution is 0.714. The second-order valence-corrected chi connectivity index (χ2v) is 15.1. The molecule has 11 rings (SSSR count). The van der Waals surface area contributed by atoms with Crippen LogP contribution in [-0.2, 0) is 10.8 Å². The molecular weight excluding hydrogens is 653 g/mol. The van der Waals surface area contributed by atoms with Crippen molar-refractivity contribution in [2.75, 3.05) is 0 Å². The lowest BCUT2D eigenvalue weighted by atomic mass is 9.72. The molecule has 254 valence electrons. The summed E-state index contributed by atoms with van der Waals surface area (Å²) >= 11 is 0. The van der Waals surface area contributed by atoms with Crippen LogP contribution in [0.15, 0.2) is 182 Å². The van der Waals surface area contributed by atoms with E-state index in [1.165, 1.54) is 77.2 Å². The smallest absolute Gasteiger partial charge is 0.0714 e. The van der Waals surface area contributed by atoms with E-state index in [1.54, 1.807) is 0 Å². The molecule has 0 radical (unpaired) electrons. The minimum absolute atomic E-state index is 0.336. The van der Waals surface area contributed by atoms with E-state index in [4.69, 9.17) is 9.97 Å². The highest BCUT2D eigenvalue weighted by Gasteiger charge is 2.43. The highest BCUT2D eigenvalue weighted by Crippen LogP contribution is 2.58. The van der Waals surface area contributed by atoms with E-state index >= 15 is 0 Å². The minimum atomic E-state index is -0.336. The number of rotatable bonds is 4. The third kappa shape index (κ3) is 4.11. The van der Waals surface area contributed by atoms with Crippen molar-refractivity contribution in [2.24, 2.45) is 0 Å². The van der Waals surface area contributed by atoms with E-state index in [0.29, 0.717) is 0 Å². The van der Waals surface area contributed by atoms with Gasteiger partial charge in [0.25, 0.3) is 0 Å². The van der Waals surface area contributed by atoms with Crippen molar-refractivity contribution in [3.8, 4) is 44.8 Å². The van der Waals surface area contributed by atoms with Gasteiger partial charge in [-0.05, 0) is 140 Å². The minimum Gasteiger partial charge on any atom is -0.256 e. The average Bonchev–Trinajstić information content (AvgIpc) is 3.65. The molecule has 0 fully saturated rings. The van der Waals surface area contributed by atoms with E-state index < -0.39 is 0 Å². The molecule has 2 heteroatoms. The second-order valence-electron chi connectivity index (χ2n) is 15.1. The molecule has 7 aromatic carbocycles. The van der Waals surface area contributed by atoms with E-state index in [1.807, 2.05) is 24.5 Å². The molecule has 2 aromatic heterocycles. The highest BCUT2D eigenvalue weighted by molar-refractivity contribution is 6.23. The van der Waals surface area contributed by atoms with Gasteiger partial charge in [-0.3, -0.25) is 9.97 Å². The summed E-state index contributed by atoms with van der Waals surface area (Å²) in [7, 11) is 0. The molecule has 0 bridgehead atoms. The van der Waals surface area contributed by atoms with E-state index in [0.717, 1.165) is 22.5 Å². The molecule has 2 aliphatic carbocycles. The first kappa shape index (κ1) is 30.9. The van der Waals surface area contributed by atoms with Gasteiger partial charge in [0.05, 0.1) is 11.4 Å². The summed E-state index contributed by atoms with van der Waals surface area (Å²) in [6, 6.07) is 62.4. The van der Waals surface area contributed by atoms with Gasteiger partial charge in [-0.1, -0.05) is 121 Å². The molecule has 0 saturated carbocycles. The summed E-state index contributed by atoms with van der Waals surface area (Å²) in [5, 5.41) is 4.74. The Hall–Kier alpha value is -6.64. The van der Waals surface area contributed by atoms with E-state index in [2.05, 4.69) is 172 Å². The fourth-order valence-corrected chi connectivity index (χ4v) is 9.93. The monoisotopic (exact) mass is 688 g/mol. The Kier molecular flexibility index (Phi) is 6.55. The van der Waals surface area contributed by atoms with Crippen molar-refractivity contribution < 1.29 is 0 Å². The Morgan fingerprint density at radius 1 is 0.333 bits per heavy atom. The van der Waals surface area contributed by atoms with Crippen molar-refractivity contribution >= 4 is 21.5 Å². The van der Waals surface area contributed by atoms with Crippen molar-refractivity contribution in [2.45, 2.75) is 24.7 Å². The quantitative estimate of drug-likeness (QED) is 0.172. The summed E-state index contributed by atoms with van der Waals surface area (Å²) in [5.41, 5.74) is 16.6. The Labute approximate surface area is 315 Å². The van der Waals surface area contributed by atoms with Crippen molar-refractivity contribution in [3.63, 3.8) is 0 Å². The summed E-state index contributed by atoms with van der Waals surface area (Å²) < 4.78 is 0. The fourth-order valence-electron chi connectivity index (χ4n) is 9.93. The zero-order valence-electron chi connectivity index (χ0n) is 30.2. The molecule has 0 saturated heterocycles. The predicted molar refractivity (Wildman–Crippen MR) is 223 cm³/mol. The summed E-state index contributed by atoms with van der Waals surface area (Å²) in [6.07, 6.45) is 3.85. The SMILES string of the molecule is CC1(c2ccccc2)c2ccccc2-c2cc3c(-c4ccccn4)c4cc5c(cc4c(-c4ccccn4)c3cc21)-c1ccccc1C5(C)c1ccccc1. The third-order valence-corrected chi connectivity index (χ3v) is 12.5. The summed E-state index contributed by atoms with van der Waals surface area (Å²) in [5.74, 6) is 0. The first-order valence-electron chi connectivity index (χ1n) is 18.8. The third-order valence-electron chi connectivity index (χ3n) is 12.5. The maximum absolute atomic E-state index is 5.08. The summed E-state index contributed by atoms with van der Waals surface area (Å²) in [6.45, 7) is 4.79. The van der Waals surface area contributed by atoms with Gasteiger partial charge < -0.3 is 0 Å². The largest absolute Gasteiger partial charge is 0.256 e. The normalized spacial score (nSPS) is 18.0. The molecule has 2 aliphatic rings. The highest BCUT2D eigenvalue weighted by atomic mass is 14.7. The van der Waals surface area contributed by atoms with Crippen LogP contribution in [-0.4, -0.2) is 9.97 Å². The number of benzene rings is 7. The zero-order chi connectivity index (χ0) is 36.0. The van der Waals surface area contributed by atoms with Crippen LogP contribution in [0.3, 0.4) is 0 Å². The van der Waals surface area contributed by atoms with Crippen LogP contribution in [0.5, 0.6) is 0 Å². The molecule has 2 nitrogen and oxygen atoms in total. The Morgan fingerprint density at radius 3 is 1.11 bits per heavy atom. The predicted octanol–water partition coefficient (Wildman–Crippen LogP) is 12.8. The van der Waals surface area contributed by atoms with Gasteiger partial charge in [0.2, 0.25) is 0 Å². The van der Waals surface area contributed by atoms with Crippen LogP contribution in [0, 0.1) is 0 Å². The molecule has 0 N–H and O–H groups in total. The number of aromatic nitrogens is 2. The zero-order valence-corrected chi connectivity index (χ0v) is 30.2. The lowest BCUT2D eigenvalue weighted by Gasteiger charge is -2.30. The average molecular weight is 689 g/mol. The molecular formula is C52H36N2. The lowest BCUT2D eigenvalue weighted by Crippen LogP contribution is -2.22. The number of nitrogens with zero attached hydrogens (tertiary/aromatic N) is 2. The molecule has 9 aromatic rings. The molecule has 0 amide bonds. The van der Waals surface area contributed by atoms with Gasteiger partial charge in [-0.2, -0.15) is 0 Å². The molecule has 2 unspecified atom stereocenters. The topological polar surface area (TPSA) is 25.8 Å². The standard InChI is InChI=1S/C52H36N2/c1-51(33-17-5-3-6-18-33)43-23-11-9-21-35(43)37-29-39-41(31-45(37)51)49(47-25-13-15-27-53-47)40-30-38-36-22-10-12-24-44(36)52(2,34-19-7-4-8-20-34)46(38)32-42(40)50(39)48-26-14-16-28-54-48/h3-32H,1-2H3. The molecule has 54 heavy (non-hydrogen) atoms. The van der Waals surface area contributed by atoms with Crippen LogP contribution < -0.4 is 0 Å². The van der Waals surface area contributed by atoms with Crippen molar-refractivity contribution in [1.29, 1.82) is 0 Å². The van der Waals surface area contributed by atoms with Gasteiger partial charge in [0.15, 0.2) is 0 Å². The Bertz CT molecular complexity index is 2730. The number of hydrogen-bond donors (Lipinski definition) is 0. The van der Waals surface area contributed by atoms with Gasteiger partial charge in [-0.25, -0.2) is 0 Å².